The minimum absolute atomic E-state index is 0.0693. The van der Waals surface area contributed by atoms with E-state index in [4.69, 9.17) is 0 Å². The van der Waals surface area contributed by atoms with Crippen LogP contribution in [0.2, 0.25) is 0 Å². The summed E-state index contributed by atoms with van der Waals surface area (Å²) in [5, 5.41) is 22.4. The largest absolute Gasteiger partial charge is 0.277 e. The number of fused-ring (bicyclic) bond motifs is 1. The Hall–Kier alpha value is -2.50. The van der Waals surface area contributed by atoms with Crippen LogP contribution in [0.15, 0.2) is 30.3 Å². The van der Waals surface area contributed by atoms with Crippen molar-refractivity contribution in [1.82, 2.24) is 0 Å². The van der Waals surface area contributed by atoms with Gasteiger partial charge in [-0.15, -0.1) is 0 Å². The van der Waals surface area contributed by atoms with Gasteiger partial charge in [0.25, 0.3) is 11.4 Å². The maximum atomic E-state index is 10.9. The molecule has 1 radical (unpaired) electrons. The van der Waals surface area contributed by atoms with Crippen LogP contribution in [0.4, 0.5) is 11.4 Å². The topological polar surface area (TPSA) is 86.3 Å². The molecule has 6 heteroatoms. The summed E-state index contributed by atoms with van der Waals surface area (Å²) in [7, 11) is 0. The lowest BCUT2D eigenvalue weighted by molar-refractivity contribution is -0.386. The van der Waals surface area contributed by atoms with Crippen molar-refractivity contribution in [3.63, 3.8) is 0 Å². The Bertz CT molecular complexity index is 637. The number of hydrogen-bond acceptors (Lipinski definition) is 4. The van der Waals surface area contributed by atoms with Crippen molar-refractivity contribution in [1.29, 1.82) is 0 Å². The Kier molecular flexibility index (Phi) is 2.47. The minimum Gasteiger partial charge on any atom is -0.258 e. The molecular weight excluding hydrogens is 224 g/mol. The van der Waals surface area contributed by atoms with Gasteiger partial charge in [0.15, 0.2) is 0 Å². The van der Waals surface area contributed by atoms with Crippen molar-refractivity contribution < 1.29 is 9.85 Å². The zero-order valence-electron chi connectivity index (χ0n) is 8.62. The van der Waals surface area contributed by atoms with Gasteiger partial charge in [-0.25, -0.2) is 0 Å². The summed E-state index contributed by atoms with van der Waals surface area (Å²) in [6, 6.07) is 7.27. The average molecular weight is 231 g/mol. The summed E-state index contributed by atoms with van der Waals surface area (Å²) >= 11 is 0. The van der Waals surface area contributed by atoms with E-state index in [2.05, 4.69) is 6.92 Å². The Morgan fingerprint density at radius 3 is 2.18 bits per heavy atom. The van der Waals surface area contributed by atoms with Crippen molar-refractivity contribution >= 4 is 22.1 Å². The first kappa shape index (κ1) is 11.0. The fourth-order valence-corrected chi connectivity index (χ4v) is 1.75. The third-order valence-corrected chi connectivity index (χ3v) is 2.50. The van der Waals surface area contributed by atoms with E-state index < -0.39 is 9.85 Å². The highest BCUT2D eigenvalue weighted by Crippen LogP contribution is 2.33. The highest BCUT2D eigenvalue weighted by molar-refractivity contribution is 5.96. The highest BCUT2D eigenvalue weighted by atomic mass is 16.6. The first-order chi connectivity index (χ1) is 8.02. The SMILES string of the molecule is [CH2]c1c([N+](=O)[O-])ccc2cccc([N+](=O)[O-])c12. The zero-order chi connectivity index (χ0) is 12.6. The normalized spacial score (nSPS) is 10.4. The highest BCUT2D eigenvalue weighted by Gasteiger charge is 2.20. The Balaban J connectivity index is 2.91. The summed E-state index contributed by atoms with van der Waals surface area (Å²) in [4.78, 5) is 20.4. The molecule has 0 unspecified atom stereocenters. The molecule has 0 N–H and O–H groups in total. The van der Waals surface area contributed by atoms with Crippen LogP contribution in [-0.2, 0) is 0 Å². The van der Waals surface area contributed by atoms with Crippen LogP contribution in [0.25, 0.3) is 10.8 Å². The van der Waals surface area contributed by atoms with Crippen LogP contribution in [0, 0.1) is 27.2 Å². The Labute approximate surface area is 95.8 Å². The van der Waals surface area contributed by atoms with Gasteiger partial charge in [0.2, 0.25) is 0 Å². The van der Waals surface area contributed by atoms with Crippen LogP contribution < -0.4 is 0 Å². The molecule has 0 atom stereocenters. The molecule has 17 heavy (non-hydrogen) atoms. The Morgan fingerprint density at radius 2 is 1.59 bits per heavy atom. The second-order valence-electron chi connectivity index (χ2n) is 3.45. The molecule has 0 aromatic heterocycles. The van der Waals surface area contributed by atoms with Gasteiger partial charge in [-0.3, -0.25) is 20.2 Å². The van der Waals surface area contributed by atoms with E-state index in [9.17, 15) is 20.2 Å². The molecule has 2 aromatic rings. The monoisotopic (exact) mass is 231 g/mol. The lowest BCUT2D eigenvalue weighted by Crippen LogP contribution is -1.95. The summed E-state index contributed by atoms with van der Waals surface area (Å²) in [6.45, 7) is 3.57. The first-order valence-electron chi connectivity index (χ1n) is 4.69. The van der Waals surface area contributed by atoms with E-state index in [0.717, 1.165) is 0 Å². The van der Waals surface area contributed by atoms with Gasteiger partial charge in [0.1, 0.15) is 0 Å². The fourth-order valence-electron chi connectivity index (χ4n) is 1.75. The van der Waals surface area contributed by atoms with E-state index in [1.54, 1.807) is 6.07 Å². The molecule has 2 rings (SSSR count). The molecular formula is C11H7N2O4. The molecule has 2 aromatic carbocycles. The van der Waals surface area contributed by atoms with Crippen LogP contribution in [-0.4, -0.2) is 9.85 Å². The lowest BCUT2D eigenvalue weighted by atomic mass is 10.0. The van der Waals surface area contributed by atoms with Crippen molar-refractivity contribution in [3.05, 3.63) is 63.0 Å². The standard InChI is InChI=1S/C11H7N2O4/c1-7-9(12(14)15)6-5-8-3-2-4-10(11(7)8)13(16)17/h2-6H,1H2. The lowest BCUT2D eigenvalue weighted by Gasteiger charge is -2.03. The van der Waals surface area contributed by atoms with Crippen molar-refractivity contribution in [2.45, 2.75) is 0 Å². The smallest absolute Gasteiger partial charge is 0.258 e. The van der Waals surface area contributed by atoms with Gasteiger partial charge in [0.05, 0.1) is 15.2 Å². The van der Waals surface area contributed by atoms with Gasteiger partial charge in [0, 0.05) is 17.7 Å². The molecule has 0 spiro atoms. The molecule has 0 amide bonds. The van der Waals surface area contributed by atoms with Gasteiger partial charge in [-0.2, -0.15) is 0 Å². The van der Waals surface area contributed by atoms with Crippen LogP contribution in [0.5, 0.6) is 0 Å². The van der Waals surface area contributed by atoms with Crippen LogP contribution in [0.3, 0.4) is 0 Å². The van der Waals surface area contributed by atoms with Gasteiger partial charge in [-0.1, -0.05) is 12.1 Å². The van der Waals surface area contributed by atoms with Gasteiger partial charge < -0.3 is 0 Å². The molecule has 0 bridgehead atoms. The van der Waals surface area contributed by atoms with Gasteiger partial charge in [-0.05, 0) is 18.4 Å². The molecule has 0 aliphatic heterocycles. The summed E-state index contributed by atoms with van der Waals surface area (Å²) in [5.41, 5.74) is -0.317. The number of non-ortho nitro benzene ring substituents is 1. The molecule has 6 nitrogen and oxygen atoms in total. The van der Waals surface area contributed by atoms with E-state index >= 15 is 0 Å². The molecule has 0 saturated carbocycles. The first-order valence-corrected chi connectivity index (χ1v) is 4.69. The molecule has 0 saturated heterocycles. The van der Waals surface area contributed by atoms with E-state index in [1.165, 1.54) is 24.3 Å². The molecule has 0 aliphatic rings. The molecule has 0 aliphatic carbocycles. The van der Waals surface area contributed by atoms with E-state index in [1.807, 2.05) is 0 Å². The van der Waals surface area contributed by atoms with Crippen LogP contribution >= 0.6 is 0 Å². The van der Waals surface area contributed by atoms with Gasteiger partial charge >= 0.3 is 0 Å². The van der Waals surface area contributed by atoms with E-state index in [0.29, 0.717) is 5.39 Å². The molecule has 85 valence electrons. The molecule has 0 heterocycles. The zero-order valence-corrected chi connectivity index (χ0v) is 8.62. The van der Waals surface area contributed by atoms with Crippen molar-refractivity contribution in [3.8, 4) is 0 Å². The number of nitro benzene ring substituents is 2. The average Bonchev–Trinajstić information content (AvgIpc) is 2.28. The third-order valence-electron chi connectivity index (χ3n) is 2.50. The van der Waals surface area contributed by atoms with Crippen molar-refractivity contribution in [2.75, 3.05) is 0 Å². The fraction of sp³-hybridized carbons (Fsp3) is 0. The number of benzene rings is 2. The summed E-state index contributed by atoms with van der Waals surface area (Å²) in [6.07, 6.45) is 0. The second-order valence-corrected chi connectivity index (χ2v) is 3.45. The Morgan fingerprint density at radius 1 is 0.941 bits per heavy atom. The second kappa shape index (κ2) is 3.82. The summed E-state index contributed by atoms with van der Waals surface area (Å²) in [5.74, 6) is 0. The maximum Gasteiger partial charge on any atom is 0.277 e. The number of rotatable bonds is 2. The number of hydrogen-bond donors (Lipinski definition) is 0. The third kappa shape index (κ3) is 1.69. The van der Waals surface area contributed by atoms with E-state index in [-0.39, 0.29) is 22.3 Å². The minimum atomic E-state index is -0.599. The summed E-state index contributed by atoms with van der Waals surface area (Å²) < 4.78 is 0. The predicted molar refractivity (Wildman–Crippen MR) is 61.7 cm³/mol. The van der Waals surface area contributed by atoms with Crippen LogP contribution in [0.1, 0.15) is 5.56 Å². The predicted octanol–water partition coefficient (Wildman–Crippen LogP) is 2.84. The maximum absolute atomic E-state index is 10.9. The number of nitro groups is 2. The molecule has 0 fully saturated rings. The number of nitrogens with zero attached hydrogens (tertiary/aromatic N) is 2. The van der Waals surface area contributed by atoms with Crippen molar-refractivity contribution in [2.24, 2.45) is 0 Å². The quantitative estimate of drug-likeness (QED) is 0.587.